The Bertz CT molecular complexity index is 708. The number of rotatable bonds is 9. The van der Waals surface area contributed by atoms with Gasteiger partial charge in [0.05, 0.1) is 6.42 Å². The molecular formula is C18H16O7. The second kappa shape index (κ2) is 10.3. The Hall–Kier alpha value is -3.53. The highest BCUT2D eigenvalue weighted by molar-refractivity contribution is 5.92. The summed E-state index contributed by atoms with van der Waals surface area (Å²) in [7, 11) is 0. The fourth-order valence-corrected chi connectivity index (χ4v) is 1.58. The normalized spacial score (nSPS) is 9.88. The number of hydrogen-bond acceptors (Lipinski definition) is 6. The SMILES string of the molecule is C#COC(=O)C=Cc1ccc(OCCOC(=O)C(=C)CC(=O)O)cc1. The van der Waals surface area contributed by atoms with E-state index in [4.69, 9.17) is 21.0 Å². The van der Waals surface area contributed by atoms with Crippen molar-refractivity contribution in [1.82, 2.24) is 0 Å². The molecule has 0 bridgehead atoms. The van der Waals surface area contributed by atoms with Crippen molar-refractivity contribution in [2.75, 3.05) is 13.2 Å². The van der Waals surface area contributed by atoms with Crippen LogP contribution in [0.15, 0.2) is 42.5 Å². The summed E-state index contributed by atoms with van der Waals surface area (Å²) in [6.45, 7) is 3.38. The lowest BCUT2D eigenvalue weighted by atomic mass is 10.2. The number of carboxylic acid groups (broad SMARTS) is 1. The van der Waals surface area contributed by atoms with E-state index >= 15 is 0 Å². The monoisotopic (exact) mass is 344 g/mol. The van der Waals surface area contributed by atoms with E-state index in [1.54, 1.807) is 30.4 Å². The molecule has 0 atom stereocenters. The van der Waals surface area contributed by atoms with Gasteiger partial charge in [-0.3, -0.25) is 4.79 Å². The van der Waals surface area contributed by atoms with E-state index in [-0.39, 0.29) is 18.8 Å². The summed E-state index contributed by atoms with van der Waals surface area (Å²) in [5.74, 6) is -2.04. The first-order valence-electron chi connectivity index (χ1n) is 7.06. The van der Waals surface area contributed by atoms with Crippen molar-refractivity contribution in [3.63, 3.8) is 0 Å². The fourth-order valence-electron chi connectivity index (χ4n) is 1.58. The Morgan fingerprint density at radius 1 is 1.20 bits per heavy atom. The summed E-state index contributed by atoms with van der Waals surface area (Å²) in [4.78, 5) is 32.9. The van der Waals surface area contributed by atoms with Crippen LogP contribution in [0, 0.1) is 12.5 Å². The quantitative estimate of drug-likeness (QED) is 0.315. The van der Waals surface area contributed by atoms with Crippen molar-refractivity contribution >= 4 is 24.0 Å². The number of terminal acetylenes is 1. The summed E-state index contributed by atoms with van der Waals surface area (Å²) < 4.78 is 14.5. The summed E-state index contributed by atoms with van der Waals surface area (Å²) >= 11 is 0. The molecule has 1 rings (SSSR count). The molecule has 1 aromatic rings. The van der Waals surface area contributed by atoms with Crippen LogP contribution >= 0.6 is 0 Å². The van der Waals surface area contributed by atoms with Crippen LogP contribution in [0.1, 0.15) is 12.0 Å². The van der Waals surface area contributed by atoms with Crippen LogP contribution in [-0.4, -0.2) is 36.2 Å². The minimum atomic E-state index is -1.15. The Morgan fingerprint density at radius 3 is 2.48 bits per heavy atom. The molecular weight excluding hydrogens is 328 g/mol. The number of esters is 2. The molecule has 7 heteroatoms. The smallest absolute Gasteiger partial charge is 0.344 e. The number of aliphatic carboxylic acids is 1. The zero-order chi connectivity index (χ0) is 18.7. The van der Waals surface area contributed by atoms with Crippen LogP contribution < -0.4 is 4.74 Å². The van der Waals surface area contributed by atoms with E-state index in [2.05, 4.69) is 11.3 Å². The van der Waals surface area contributed by atoms with E-state index < -0.39 is 24.3 Å². The summed E-state index contributed by atoms with van der Waals surface area (Å²) in [6, 6.07) is 6.74. The standard InChI is InChI=1S/C18H16O7/c1-3-23-17(21)9-6-14-4-7-15(8-5-14)24-10-11-25-18(22)13(2)12-16(19)20/h1,4-9H,2,10-12H2,(H,19,20). The van der Waals surface area contributed by atoms with Gasteiger partial charge in [-0.25, -0.2) is 9.59 Å². The van der Waals surface area contributed by atoms with Crippen molar-refractivity contribution in [2.45, 2.75) is 6.42 Å². The topological polar surface area (TPSA) is 99.1 Å². The molecule has 0 aliphatic heterocycles. The molecule has 0 saturated carbocycles. The molecule has 0 radical (unpaired) electrons. The van der Waals surface area contributed by atoms with E-state index in [1.807, 2.05) is 0 Å². The van der Waals surface area contributed by atoms with Crippen LogP contribution in [0.25, 0.3) is 6.08 Å². The van der Waals surface area contributed by atoms with Gasteiger partial charge in [0, 0.05) is 11.6 Å². The molecule has 0 aromatic heterocycles. The predicted octanol–water partition coefficient (Wildman–Crippen LogP) is 1.79. The molecule has 0 heterocycles. The molecule has 0 unspecified atom stereocenters. The van der Waals surface area contributed by atoms with Crippen LogP contribution in [0.3, 0.4) is 0 Å². The lowest BCUT2D eigenvalue weighted by molar-refractivity contribution is -0.143. The molecule has 1 N–H and O–H groups in total. The third-order valence-corrected chi connectivity index (χ3v) is 2.69. The van der Waals surface area contributed by atoms with Crippen molar-refractivity contribution in [3.8, 4) is 18.3 Å². The highest BCUT2D eigenvalue weighted by Crippen LogP contribution is 2.13. The number of carbonyl (C=O) groups excluding carboxylic acids is 2. The van der Waals surface area contributed by atoms with Gasteiger partial charge in [0.15, 0.2) is 0 Å². The van der Waals surface area contributed by atoms with E-state index in [9.17, 15) is 14.4 Å². The highest BCUT2D eigenvalue weighted by Gasteiger charge is 2.11. The van der Waals surface area contributed by atoms with Gasteiger partial charge in [-0.05, 0) is 23.8 Å². The summed E-state index contributed by atoms with van der Waals surface area (Å²) in [5.41, 5.74) is 0.602. The molecule has 0 fully saturated rings. The number of hydrogen-bond donors (Lipinski definition) is 1. The first-order chi connectivity index (χ1) is 11.9. The van der Waals surface area contributed by atoms with Gasteiger partial charge in [0.1, 0.15) is 25.1 Å². The Morgan fingerprint density at radius 2 is 1.88 bits per heavy atom. The van der Waals surface area contributed by atoms with Crippen molar-refractivity contribution in [1.29, 1.82) is 0 Å². The molecule has 0 spiro atoms. The van der Waals surface area contributed by atoms with Gasteiger partial charge in [0.2, 0.25) is 0 Å². The van der Waals surface area contributed by atoms with Gasteiger partial charge >= 0.3 is 17.9 Å². The molecule has 0 aliphatic carbocycles. The molecule has 130 valence electrons. The third-order valence-electron chi connectivity index (χ3n) is 2.69. The maximum absolute atomic E-state index is 11.4. The first-order valence-corrected chi connectivity index (χ1v) is 7.06. The average molecular weight is 344 g/mol. The summed E-state index contributed by atoms with van der Waals surface area (Å²) in [5, 5.41) is 8.54. The Labute approximate surface area is 144 Å². The van der Waals surface area contributed by atoms with Gasteiger partial charge in [-0.1, -0.05) is 25.1 Å². The molecule has 0 saturated heterocycles. The van der Waals surface area contributed by atoms with Crippen LogP contribution in [0.4, 0.5) is 0 Å². The number of benzene rings is 1. The molecule has 0 amide bonds. The van der Waals surface area contributed by atoms with Crippen LogP contribution in [0.5, 0.6) is 5.75 Å². The second-order valence-electron chi connectivity index (χ2n) is 4.60. The molecule has 25 heavy (non-hydrogen) atoms. The zero-order valence-corrected chi connectivity index (χ0v) is 13.3. The van der Waals surface area contributed by atoms with E-state index in [0.29, 0.717) is 5.75 Å². The predicted molar refractivity (Wildman–Crippen MR) is 88.2 cm³/mol. The lowest BCUT2D eigenvalue weighted by Gasteiger charge is -2.08. The van der Waals surface area contributed by atoms with Crippen molar-refractivity contribution in [2.24, 2.45) is 0 Å². The van der Waals surface area contributed by atoms with Crippen LogP contribution in [-0.2, 0) is 23.9 Å². The minimum absolute atomic E-state index is 0.0446. The largest absolute Gasteiger partial charge is 0.490 e. The number of ether oxygens (including phenoxy) is 3. The molecule has 1 aromatic carbocycles. The van der Waals surface area contributed by atoms with E-state index in [0.717, 1.165) is 5.56 Å². The Kier molecular flexibility index (Phi) is 8.03. The number of carbonyl (C=O) groups is 3. The average Bonchev–Trinajstić information content (AvgIpc) is 2.57. The first kappa shape index (κ1) is 19.5. The zero-order valence-electron chi connectivity index (χ0n) is 13.3. The van der Waals surface area contributed by atoms with Gasteiger partial charge in [-0.15, -0.1) is 0 Å². The molecule has 0 aliphatic rings. The van der Waals surface area contributed by atoms with Crippen molar-refractivity contribution in [3.05, 3.63) is 48.1 Å². The lowest BCUT2D eigenvalue weighted by Crippen LogP contribution is -2.15. The fraction of sp³-hybridized carbons (Fsp3) is 0.167. The second-order valence-corrected chi connectivity index (χ2v) is 4.60. The highest BCUT2D eigenvalue weighted by atomic mass is 16.6. The third kappa shape index (κ3) is 8.04. The van der Waals surface area contributed by atoms with E-state index in [1.165, 1.54) is 12.2 Å². The Balaban J connectivity index is 2.36. The maximum Gasteiger partial charge on any atom is 0.344 e. The molecule has 7 nitrogen and oxygen atoms in total. The summed E-state index contributed by atoms with van der Waals surface area (Å²) in [6.07, 6.45) is 8.85. The van der Waals surface area contributed by atoms with Crippen LogP contribution in [0.2, 0.25) is 0 Å². The number of carboxylic acids is 1. The maximum atomic E-state index is 11.4. The minimum Gasteiger partial charge on any atom is -0.490 e. The van der Waals surface area contributed by atoms with Gasteiger partial charge < -0.3 is 19.3 Å². The van der Waals surface area contributed by atoms with Crippen molar-refractivity contribution < 1.29 is 33.7 Å². The van der Waals surface area contributed by atoms with Gasteiger partial charge in [0.25, 0.3) is 0 Å². The van der Waals surface area contributed by atoms with Gasteiger partial charge in [-0.2, -0.15) is 0 Å².